The van der Waals surface area contributed by atoms with Crippen LogP contribution in [-0.4, -0.2) is 23.9 Å². The molecule has 2 aromatic rings. The van der Waals surface area contributed by atoms with E-state index in [0.717, 1.165) is 0 Å². The molecule has 0 unspecified atom stereocenters. The molecule has 0 bridgehead atoms. The number of hydrogen-bond acceptors (Lipinski definition) is 6. The number of amides is 2. The van der Waals surface area contributed by atoms with E-state index < -0.39 is 0 Å². The zero-order valence-electron chi connectivity index (χ0n) is 13.8. The zero-order chi connectivity index (χ0) is 17.7. The molecule has 0 radical (unpaired) electrons. The average Bonchev–Trinajstić information content (AvgIpc) is 2.94. The highest BCUT2D eigenvalue weighted by molar-refractivity contribution is 7.13. The summed E-state index contributed by atoms with van der Waals surface area (Å²) in [6.45, 7) is 3.61. The monoisotopic (exact) mass is 348 g/mol. The maximum Gasteiger partial charge on any atom is 0.230 e. The van der Waals surface area contributed by atoms with E-state index in [1.165, 1.54) is 18.4 Å². The van der Waals surface area contributed by atoms with Gasteiger partial charge in [0.05, 0.1) is 24.9 Å². The Morgan fingerprint density at radius 1 is 1.33 bits per heavy atom. The molecule has 0 spiro atoms. The Morgan fingerprint density at radius 2 is 2.08 bits per heavy atom. The lowest BCUT2D eigenvalue weighted by molar-refractivity contribution is -0.119. The maximum absolute atomic E-state index is 12.1. The van der Waals surface area contributed by atoms with E-state index in [9.17, 15) is 9.59 Å². The van der Waals surface area contributed by atoms with Crippen molar-refractivity contribution in [2.24, 2.45) is 5.92 Å². The van der Waals surface area contributed by atoms with Gasteiger partial charge in [0.25, 0.3) is 0 Å². The molecule has 0 aliphatic rings. The van der Waals surface area contributed by atoms with Gasteiger partial charge in [-0.25, -0.2) is 4.98 Å². The lowest BCUT2D eigenvalue weighted by atomic mass is 10.2. The van der Waals surface area contributed by atoms with E-state index in [1.54, 1.807) is 37.4 Å². The van der Waals surface area contributed by atoms with E-state index >= 15 is 0 Å². The summed E-state index contributed by atoms with van der Waals surface area (Å²) in [7, 11) is 1.53. The number of anilines is 3. The van der Waals surface area contributed by atoms with Crippen molar-refractivity contribution < 1.29 is 14.3 Å². The molecule has 2 rings (SSSR count). The van der Waals surface area contributed by atoms with Gasteiger partial charge in [-0.05, 0) is 18.2 Å². The van der Waals surface area contributed by atoms with Crippen molar-refractivity contribution in [3.8, 4) is 5.75 Å². The number of nitrogens with zero attached hydrogens (tertiary/aromatic N) is 1. The summed E-state index contributed by atoms with van der Waals surface area (Å²) in [5.74, 6) is 0.111. The van der Waals surface area contributed by atoms with Gasteiger partial charge in [-0.2, -0.15) is 0 Å². The Labute approximate surface area is 144 Å². The Hall–Kier alpha value is -2.61. The van der Waals surface area contributed by atoms with Gasteiger partial charge in [-0.1, -0.05) is 13.8 Å². The Kier molecular flexibility index (Phi) is 5.75. The first-order chi connectivity index (χ1) is 11.4. The first kappa shape index (κ1) is 17.7. The molecular weight excluding hydrogens is 328 g/mol. The average molecular weight is 348 g/mol. The van der Waals surface area contributed by atoms with Crippen molar-refractivity contribution in [3.05, 3.63) is 29.3 Å². The van der Waals surface area contributed by atoms with Gasteiger partial charge in [0.15, 0.2) is 5.13 Å². The number of aromatic nitrogens is 1. The quantitative estimate of drug-likeness (QED) is 0.696. The number of nitrogen functional groups attached to an aromatic ring is 1. The topological polar surface area (TPSA) is 106 Å². The summed E-state index contributed by atoms with van der Waals surface area (Å²) in [4.78, 5) is 27.9. The Balaban J connectivity index is 1.94. The second kappa shape index (κ2) is 7.78. The highest BCUT2D eigenvalue weighted by atomic mass is 32.1. The van der Waals surface area contributed by atoms with Crippen LogP contribution in [0.15, 0.2) is 23.6 Å². The lowest BCUT2D eigenvalue weighted by Gasteiger charge is -2.08. The second-order valence-corrected chi connectivity index (χ2v) is 6.33. The number of ether oxygens (including phenoxy) is 1. The first-order valence-electron chi connectivity index (χ1n) is 7.37. The molecule has 8 heteroatoms. The van der Waals surface area contributed by atoms with Gasteiger partial charge in [-0.3, -0.25) is 9.59 Å². The van der Waals surface area contributed by atoms with Crippen LogP contribution in [0, 0.1) is 5.92 Å². The van der Waals surface area contributed by atoms with Crippen LogP contribution in [0.5, 0.6) is 5.75 Å². The molecule has 4 N–H and O–H groups in total. The fourth-order valence-electron chi connectivity index (χ4n) is 1.88. The molecule has 1 heterocycles. The molecule has 0 saturated heterocycles. The SMILES string of the molecule is COc1ccc(NC(=O)Cc2csc(NC(=O)C(C)C)n2)cc1N. The molecule has 2 amide bonds. The third-order valence-electron chi connectivity index (χ3n) is 3.16. The fraction of sp³-hybridized carbons (Fsp3) is 0.312. The van der Waals surface area contributed by atoms with Crippen LogP contribution < -0.4 is 21.1 Å². The van der Waals surface area contributed by atoms with Crippen molar-refractivity contribution in [1.29, 1.82) is 0 Å². The number of benzene rings is 1. The smallest absolute Gasteiger partial charge is 0.230 e. The first-order valence-corrected chi connectivity index (χ1v) is 8.25. The van der Waals surface area contributed by atoms with Crippen LogP contribution in [0.1, 0.15) is 19.5 Å². The summed E-state index contributed by atoms with van der Waals surface area (Å²) >= 11 is 1.29. The summed E-state index contributed by atoms with van der Waals surface area (Å²) < 4.78 is 5.07. The number of hydrogen-bond donors (Lipinski definition) is 3. The minimum absolute atomic E-state index is 0.103. The molecule has 24 heavy (non-hydrogen) atoms. The largest absolute Gasteiger partial charge is 0.495 e. The van der Waals surface area contributed by atoms with Crippen LogP contribution in [0.3, 0.4) is 0 Å². The van der Waals surface area contributed by atoms with E-state index in [0.29, 0.717) is 27.9 Å². The van der Waals surface area contributed by atoms with Crippen molar-refractivity contribution in [2.75, 3.05) is 23.5 Å². The fourth-order valence-corrected chi connectivity index (χ4v) is 2.59. The van der Waals surface area contributed by atoms with Crippen molar-refractivity contribution in [1.82, 2.24) is 4.98 Å². The van der Waals surface area contributed by atoms with Crippen molar-refractivity contribution in [2.45, 2.75) is 20.3 Å². The molecular formula is C16H20N4O3S. The third-order valence-corrected chi connectivity index (χ3v) is 3.97. The number of methoxy groups -OCH3 is 1. The van der Waals surface area contributed by atoms with Crippen LogP contribution in [-0.2, 0) is 16.0 Å². The predicted octanol–water partition coefficient (Wildman–Crippen LogP) is 2.51. The summed E-state index contributed by atoms with van der Waals surface area (Å²) in [5.41, 5.74) is 7.43. The number of nitrogens with two attached hydrogens (primary N) is 1. The van der Waals surface area contributed by atoms with Gasteiger partial charge in [0.2, 0.25) is 11.8 Å². The third kappa shape index (κ3) is 4.69. The zero-order valence-corrected chi connectivity index (χ0v) is 14.6. The number of nitrogens with one attached hydrogen (secondary N) is 2. The minimum Gasteiger partial charge on any atom is -0.495 e. The molecule has 1 aromatic heterocycles. The molecule has 0 fully saturated rings. The Morgan fingerprint density at radius 3 is 2.71 bits per heavy atom. The number of carbonyl (C=O) groups excluding carboxylic acids is 2. The molecule has 0 aliphatic heterocycles. The molecule has 7 nitrogen and oxygen atoms in total. The van der Waals surface area contributed by atoms with Gasteiger partial charge in [0.1, 0.15) is 5.75 Å². The lowest BCUT2D eigenvalue weighted by Crippen LogP contribution is -2.18. The van der Waals surface area contributed by atoms with Crippen molar-refractivity contribution >= 4 is 39.7 Å². The van der Waals surface area contributed by atoms with Gasteiger partial charge in [-0.15, -0.1) is 11.3 Å². The van der Waals surface area contributed by atoms with E-state index in [-0.39, 0.29) is 24.2 Å². The summed E-state index contributed by atoms with van der Waals surface area (Å²) in [5, 5.41) is 7.70. The highest BCUT2D eigenvalue weighted by Gasteiger charge is 2.12. The van der Waals surface area contributed by atoms with Gasteiger partial charge < -0.3 is 21.1 Å². The standard InChI is InChI=1S/C16H20N4O3S/c1-9(2)15(22)20-16-19-11(8-24-16)7-14(21)18-10-4-5-13(23-3)12(17)6-10/h4-6,8-9H,7,17H2,1-3H3,(H,18,21)(H,19,20,22). The maximum atomic E-state index is 12.1. The van der Waals surface area contributed by atoms with Gasteiger partial charge in [0, 0.05) is 17.0 Å². The van der Waals surface area contributed by atoms with Crippen molar-refractivity contribution in [3.63, 3.8) is 0 Å². The number of carbonyl (C=O) groups is 2. The second-order valence-electron chi connectivity index (χ2n) is 5.47. The van der Waals surface area contributed by atoms with Crippen LogP contribution in [0.25, 0.3) is 0 Å². The number of thiazole rings is 1. The van der Waals surface area contributed by atoms with Crippen LogP contribution >= 0.6 is 11.3 Å². The summed E-state index contributed by atoms with van der Waals surface area (Å²) in [6, 6.07) is 5.03. The highest BCUT2D eigenvalue weighted by Crippen LogP contribution is 2.24. The molecule has 0 aliphatic carbocycles. The number of rotatable bonds is 6. The Bertz CT molecular complexity index is 743. The minimum atomic E-state index is -0.216. The van der Waals surface area contributed by atoms with E-state index in [4.69, 9.17) is 10.5 Å². The van der Waals surface area contributed by atoms with Gasteiger partial charge >= 0.3 is 0 Å². The molecule has 0 saturated carbocycles. The molecule has 128 valence electrons. The van der Waals surface area contributed by atoms with E-state index in [2.05, 4.69) is 15.6 Å². The normalized spacial score (nSPS) is 10.5. The summed E-state index contributed by atoms with van der Waals surface area (Å²) in [6.07, 6.45) is 0.111. The van der Waals surface area contributed by atoms with Crippen LogP contribution in [0.2, 0.25) is 0 Å². The van der Waals surface area contributed by atoms with E-state index in [1.807, 2.05) is 0 Å². The molecule has 0 atom stereocenters. The van der Waals surface area contributed by atoms with Crippen LogP contribution in [0.4, 0.5) is 16.5 Å². The molecule has 1 aromatic carbocycles. The predicted molar refractivity (Wildman–Crippen MR) is 95.3 cm³/mol.